The molecule has 0 aliphatic carbocycles. The molecular weight excluding hydrogens is 735 g/mol. The number of nitrogens with one attached hydrogen (secondary N) is 2. The molecule has 0 saturated carbocycles. The summed E-state index contributed by atoms with van der Waals surface area (Å²) in [4.78, 5) is 29.9. The average Bonchev–Trinajstić information content (AvgIpc) is 3.40. The first-order valence-electron chi connectivity index (χ1n) is 8.01. The second kappa shape index (κ2) is 14.6. The van der Waals surface area contributed by atoms with Crippen LogP contribution in [0.1, 0.15) is 27.9 Å². The van der Waals surface area contributed by atoms with Crippen LogP contribution < -0.4 is 29.6 Å². The predicted molar refractivity (Wildman–Crippen MR) is 136 cm³/mol. The van der Waals surface area contributed by atoms with Crippen LogP contribution in [-0.4, -0.2) is 51.3 Å². The van der Waals surface area contributed by atoms with Crippen LogP contribution in [0.5, 0.6) is 0 Å². The molecule has 0 amide bonds. The van der Waals surface area contributed by atoms with E-state index in [0.29, 0.717) is 16.8 Å². The molecule has 32 heavy (non-hydrogen) atoms. The van der Waals surface area contributed by atoms with E-state index in [1.807, 2.05) is 12.1 Å². The maximum absolute atomic E-state index is 11.5. The minimum Gasteiger partial charge on any atom is -0.870 e. The third-order valence-electron chi connectivity index (χ3n) is 3.49. The van der Waals surface area contributed by atoms with E-state index in [-0.39, 0.29) is 46.7 Å². The van der Waals surface area contributed by atoms with Crippen molar-refractivity contribution in [2.45, 2.75) is 6.92 Å². The Labute approximate surface area is 246 Å². The molecule has 8 nitrogen and oxygen atoms in total. The second-order valence-corrected chi connectivity index (χ2v) is 11.7. The van der Waals surface area contributed by atoms with E-state index in [1.54, 1.807) is 18.3 Å². The number of esters is 1. The molecule has 15 heteroatoms. The Morgan fingerprint density at radius 2 is 1.34 bits per heavy atom. The number of carbonyl (C=O) groups is 2. The molecule has 0 fully saturated rings. The van der Waals surface area contributed by atoms with Crippen molar-refractivity contribution < 1.29 is 59.6 Å². The maximum atomic E-state index is 11.5. The molecule has 4 heterocycles. The number of carbonyl (C=O) groups excluding carboxylic acids is 1. The minimum atomic E-state index is -0.952. The number of rotatable bonds is 3. The Balaban J connectivity index is 0.000000531. The Kier molecular flexibility index (Phi) is 14.7. The van der Waals surface area contributed by atoms with Gasteiger partial charge in [0.2, 0.25) is 0 Å². The van der Waals surface area contributed by atoms with Gasteiger partial charge in [-0.3, -0.25) is 0 Å². The third-order valence-corrected chi connectivity index (χ3v) is 8.24. The molecule has 0 unspecified atom stereocenters. The number of H-pyrrole nitrogens is 2. The zero-order chi connectivity index (χ0) is 22.6. The molecule has 0 aromatic carbocycles. The predicted octanol–water partition coefficient (Wildman–Crippen LogP) is 3.82. The smallest absolute Gasteiger partial charge is 0.870 e. The number of halogens is 4. The summed E-state index contributed by atoms with van der Waals surface area (Å²) in [5.74, 6) is -1.28. The van der Waals surface area contributed by atoms with Gasteiger partial charge in [-0.2, -0.15) is 0 Å². The normalized spacial score (nSPS) is 9.72. The summed E-state index contributed by atoms with van der Waals surface area (Å²) in [6.45, 7) is 2.16. The van der Waals surface area contributed by atoms with Crippen molar-refractivity contribution in [2.75, 3.05) is 13.7 Å². The van der Waals surface area contributed by atoms with Gasteiger partial charge in [0.05, 0.1) is 23.1 Å². The van der Waals surface area contributed by atoms with Crippen LogP contribution in [0.2, 0.25) is 0 Å². The number of hydrogen-bond acceptors (Lipinski definition) is 7. The summed E-state index contributed by atoms with van der Waals surface area (Å²) in [7, 11) is 1.00. The number of aromatic nitrogens is 2. The van der Waals surface area contributed by atoms with E-state index in [1.165, 1.54) is 11.3 Å². The molecule has 4 rings (SSSR count). The topological polar surface area (TPSA) is 145 Å². The van der Waals surface area contributed by atoms with Crippen LogP contribution in [-0.2, 0) is 4.74 Å². The maximum Gasteiger partial charge on any atom is 1.00 e. The minimum absolute atomic E-state index is 0. The molecule has 5 N–H and O–H groups in total. The standard InChI is InChI=1S/C9H7Br2NO2S.C7H3Br2NO2S.CH4O.Na.H2O/c1-2-14-9(13)7-6(11)4-3-5(10)15-8(4)12-7;8-3-1-2-4(9)5(7(11)12)10-6(2)13-3;1-2;;/h3,12H,2H2,1H3;1,10H,(H,11,12);2H,1H3;;1H2/q;;;+1;/p-1. The van der Waals surface area contributed by atoms with Crippen LogP contribution in [0, 0.1) is 0 Å². The summed E-state index contributed by atoms with van der Waals surface area (Å²) < 4.78 is 8.31. The number of carboxylic acids is 1. The van der Waals surface area contributed by atoms with Crippen molar-refractivity contribution in [1.82, 2.24) is 9.97 Å². The first kappa shape index (κ1) is 32.3. The number of ether oxygens (including phenoxy) is 1. The molecular formula is C17H15Br4N2NaO6S2. The summed E-state index contributed by atoms with van der Waals surface area (Å²) >= 11 is 16.4. The fourth-order valence-corrected chi connectivity index (χ4v) is 6.77. The number of aliphatic hydroxyl groups is 1. The van der Waals surface area contributed by atoms with Crippen molar-refractivity contribution in [3.63, 3.8) is 0 Å². The molecule has 170 valence electrons. The number of thiophene rings is 2. The largest absolute Gasteiger partial charge is 1.00 e. The number of aromatic amines is 2. The summed E-state index contributed by atoms with van der Waals surface area (Å²) in [5.41, 5.74) is 0.680. The van der Waals surface area contributed by atoms with Gasteiger partial charge >= 0.3 is 41.5 Å². The quantitative estimate of drug-likeness (QED) is 0.185. The molecule has 0 aliphatic heterocycles. The summed E-state index contributed by atoms with van der Waals surface area (Å²) in [5, 5.41) is 17.7. The van der Waals surface area contributed by atoms with Crippen LogP contribution in [0.15, 0.2) is 28.7 Å². The van der Waals surface area contributed by atoms with Gasteiger partial charge in [-0.1, -0.05) is 0 Å². The van der Waals surface area contributed by atoms with Crippen LogP contribution in [0.4, 0.5) is 0 Å². The van der Waals surface area contributed by atoms with E-state index in [4.69, 9.17) is 14.9 Å². The molecule has 4 aromatic rings. The molecule has 0 bridgehead atoms. The number of fused-ring (bicyclic) bond motifs is 2. The molecule has 0 aliphatic rings. The van der Waals surface area contributed by atoms with Gasteiger partial charge in [-0.15, -0.1) is 22.7 Å². The number of aromatic carboxylic acids is 1. The zero-order valence-electron chi connectivity index (χ0n) is 16.8. The van der Waals surface area contributed by atoms with Gasteiger partial charge in [0, 0.05) is 17.9 Å². The molecule has 0 radical (unpaired) electrons. The van der Waals surface area contributed by atoms with Crippen molar-refractivity contribution in [1.29, 1.82) is 0 Å². The van der Waals surface area contributed by atoms with Gasteiger partial charge in [-0.05, 0) is 82.8 Å². The summed E-state index contributed by atoms with van der Waals surface area (Å²) in [6.07, 6.45) is 0. The third kappa shape index (κ3) is 7.38. The van der Waals surface area contributed by atoms with E-state index < -0.39 is 5.97 Å². The van der Waals surface area contributed by atoms with Crippen LogP contribution in [0.3, 0.4) is 0 Å². The molecule has 0 atom stereocenters. The Morgan fingerprint density at radius 1 is 0.938 bits per heavy atom. The Bertz CT molecular complexity index is 1200. The van der Waals surface area contributed by atoms with Crippen LogP contribution >= 0.6 is 86.4 Å². The molecule has 0 spiro atoms. The van der Waals surface area contributed by atoms with Gasteiger partial charge < -0.3 is 30.4 Å². The van der Waals surface area contributed by atoms with E-state index in [9.17, 15) is 9.59 Å². The number of hydrogen-bond donors (Lipinski definition) is 4. The monoisotopic (exact) mass is 746 g/mol. The zero-order valence-corrected chi connectivity index (χ0v) is 26.7. The molecule has 0 saturated heterocycles. The van der Waals surface area contributed by atoms with Crippen molar-refractivity contribution in [3.8, 4) is 0 Å². The average molecular weight is 750 g/mol. The fourth-order valence-electron chi connectivity index (χ4n) is 2.33. The van der Waals surface area contributed by atoms with Gasteiger partial charge in [0.15, 0.2) is 0 Å². The van der Waals surface area contributed by atoms with Crippen molar-refractivity contribution in [2.24, 2.45) is 0 Å². The van der Waals surface area contributed by atoms with Crippen molar-refractivity contribution in [3.05, 3.63) is 40.0 Å². The number of aliphatic hydroxyl groups excluding tert-OH is 1. The van der Waals surface area contributed by atoms with Crippen LogP contribution in [0.25, 0.3) is 20.4 Å². The van der Waals surface area contributed by atoms with Gasteiger partial charge in [-0.25, -0.2) is 9.59 Å². The Hall–Kier alpha value is 0.260. The van der Waals surface area contributed by atoms with Gasteiger partial charge in [0.25, 0.3) is 0 Å². The fraction of sp³-hybridized carbons (Fsp3) is 0.176. The van der Waals surface area contributed by atoms with E-state index in [2.05, 4.69) is 73.7 Å². The number of carboxylic acid groups (broad SMARTS) is 1. The van der Waals surface area contributed by atoms with E-state index in [0.717, 1.165) is 39.6 Å². The van der Waals surface area contributed by atoms with Gasteiger partial charge in [0.1, 0.15) is 21.0 Å². The first-order valence-corrected chi connectivity index (χ1v) is 12.8. The van der Waals surface area contributed by atoms with Crippen molar-refractivity contribution >= 4 is 119 Å². The summed E-state index contributed by atoms with van der Waals surface area (Å²) in [6, 6.07) is 3.84. The second-order valence-electron chi connectivity index (χ2n) is 5.24. The Morgan fingerprint density at radius 3 is 1.72 bits per heavy atom. The SMILES string of the molecule is CCOC(=O)c1[nH]c2sc(Br)cc2c1Br.CO.O=C(O)c1[nH]c2sc(Br)cc2c1Br.[Na+].[OH-]. The first-order chi connectivity index (χ1) is 14.2. The molecule has 4 aromatic heterocycles. The van der Waals surface area contributed by atoms with E-state index >= 15 is 0 Å².